The van der Waals surface area contributed by atoms with E-state index in [1.165, 1.54) is 25.3 Å². The van der Waals surface area contributed by atoms with Gasteiger partial charge < -0.3 is 20.1 Å². The van der Waals surface area contributed by atoms with E-state index < -0.39 is 11.8 Å². The highest BCUT2D eigenvalue weighted by Crippen LogP contribution is 2.29. The highest BCUT2D eigenvalue weighted by Gasteiger charge is 2.09. The minimum atomic E-state index is -0.496. The lowest BCUT2D eigenvalue weighted by molar-refractivity contribution is 0.262. The molecule has 2 aromatic rings. The van der Waals surface area contributed by atoms with Gasteiger partial charge in [0.1, 0.15) is 17.3 Å². The van der Waals surface area contributed by atoms with Crippen LogP contribution in [-0.2, 0) is 0 Å². The molecule has 2 amide bonds. The molecule has 0 bridgehead atoms. The maximum atomic E-state index is 13.0. The average molecular weight is 290 g/mol. The number of hydrogen-bond acceptors (Lipinski definition) is 3. The molecule has 0 aromatic heterocycles. The Labute approximate surface area is 121 Å². The first kappa shape index (κ1) is 14.6. The van der Waals surface area contributed by atoms with Gasteiger partial charge in [-0.3, -0.25) is 0 Å². The number of benzene rings is 2. The second kappa shape index (κ2) is 6.60. The van der Waals surface area contributed by atoms with E-state index in [0.29, 0.717) is 22.9 Å². The van der Waals surface area contributed by atoms with Crippen LogP contribution in [0.5, 0.6) is 11.5 Å². The number of ether oxygens (including phenoxy) is 2. The number of nitrogens with one attached hydrogen (secondary N) is 2. The molecule has 110 valence electrons. The van der Waals surface area contributed by atoms with Gasteiger partial charge in [0.2, 0.25) is 0 Å². The first-order valence-corrected chi connectivity index (χ1v) is 6.18. The van der Waals surface area contributed by atoms with Crippen molar-refractivity contribution in [2.24, 2.45) is 0 Å². The summed E-state index contributed by atoms with van der Waals surface area (Å²) in [5.41, 5.74) is 0.840. The summed E-state index contributed by atoms with van der Waals surface area (Å²) in [7, 11) is 3.03. The molecule has 0 atom stereocenters. The number of amides is 2. The lowest BCUT2D eigenvalue weighted by atomic mass is 10.2. The molecule has 21 heavy (non-hydrogen) atoms. The van der Waals surface area contributed by atoms with E-state index in [4.69, 9.17) is 9.47 Å². The van der Waals surface area contributed by atoms with Crippen molar-refractivity contribution in [3.8, 4) is 11.5 Å². The van der Waals surface area contributed by atoms with Gasteiger partial charge in [0.25, 0.3) is 0 Å². The average Bonchev–Trinajstić information content (AvgIpc) is 2.47. The Balaban J connectivity index is 2.09. The predicted octanol–water partition coefficient (Wildman–Crippen LogP) is 3.49. The van der Waals surface area contributed by atoms with Crippen LogP contribution in [0.15, 0.2) is 42.5 Å². The fraction of sp³-hybridized carbons (Fsp3) is 0.133. The highest BCUT2D eigenvalue weighted by atomic mass is 19.1. The topological polar surface area (TPSA) is 59.6 Å². The van der Waals surface area contributed by atoms with Crippen LogP contribution in [0, 0.1) is 5.82 Å². The Kier molecular flexibility index (Phi) is 4.61. The second-order valence-electron chi connectivity index (χ2n) is 4.16. The first-order valence-electron chi connectivity index (χ1n) is 6.18. The lowest BCUT2D eigenvalue weighted by Gasteiger charge is -2.12. The summed E-state index contributed by atoms with van der Waals surface area (Å²) >= 11 is 0. The van der Waals surface area contributed by atoms with E-state index in [0.717, 1.165) is 0 Å². The molecule has 0 saturated carbocycles. The second-order valence-corrected chi connectivity index (χ2v) is 4.16. The zero-order valence-electron chi connectivity index (χ0n) is 11.6. The van der Waals surface area contributed by atoms with Gasteiger partial charge in [0, 0.05) is 11.8 Å². The van der Waals surface area contributed by atoms with Crippen LogP contribution in [0.25, 0.3) is 0 Å². The summed E-state index contributed by atoms with van der Waals surface area (Å²) in [6, 6.07) is 10.1. The number of methoxy groups -OCH3 is 2. The van der Waals surface area contributed by atoms with Crippen LogP contribution >= 0.6 is 0 Å². The third-order valence-electron chi connectivity index (χ3n) is 2.74. The van der Waals surface area contributed by atoms with Crippen molar-refractivity contribution in [1.29, 1.82) is 0 Å². The molecule has 0 unspecified atom stereocenters. The van der Waals surface area contributed by atoms with Crippen molar-refractivity contribution in [2.75, 3.05) is 24.9 Å². The van der Waals surface area contributed by atoms with Crippen LogP contribution < -0.4 is 20.1 Å². The number of carbonyl (C=O) groups is 1. The minimum absolute atomic E-state index is 0.361. The van der Waals surface area contributed by atoms with Crippen molar-refractivity contribution >= 4 is 17.4 Å². The molecule has 2 rings (SSSR count). The van der Waals surface area contributed by atoms with Crippen molar-refractivity contribution in [2.45, 2.75) is 0 Å². The van der Waals surface area contributed by atoms with Crippen LogP contribution in [0.3, 0.4) is 0 Å². The van der Waals surface area contributed by atoms with Gasteiger partial charge in [0.15, 0.2) is 0 Å². The van der Waals surface area contributed by atoms with E-state index >= 15 is 0 Å². The monoisotopic (exact) mass is 290 g/mol. The van der Waals surface area contributed by atoms with E-state index in [-0.39, 0.29) is 0 Å². The number of rotatable bonds is 4. The van der Waals surface area contributed by atoms with E-state index in [2.05, 4.69) is 10.6 Å². The Morgan fingerprint density at radius 1 is 1.05 bits per heavy atom. The van der Waals surface area contributed by atoms with Crippen LogP contribution in [-0.4, -0.2) is 20.3 Å². The molecule has 0 aliphatic carbocycles. The standard InChI is InChI=1S/C15H15FN2O3/c1-20-12-6-7-13(14(9-12)21-2)18-15(19)17-11-5-3-4-10(16)8-11/h3-9H,1-2H3,(H2,17,18,19). The van der Waals surface area contributed by atoms with Gasteiger partial charge in [-0.25, -0.2) is 9.18 Å². The molecule has 2 aromatic carbocycles. The lowest BCUT2D eigenvalue weighted by Crippen LogP contribution is -2.19. The van der Waals surface area contributed by atoms with Gasteiger partial charge >= 0.3 is 6.03 Å². The summed E-state index contributed by atoms with van der Waals surface area (Å²) in [5, 5.41) is 5.16. The van der Waals surface area contributed by atoms with Gasteiger partial charge in [0.05, 0.1) is 19.9 Å². The Morgan fingerprint density at radius 3 is 2.52 bits per heavy atom. The number of halogens is 1. The Bertz CT molecular complexity index is 647. The highest BCUT2D eigenvalue weighted by molar-refractivity contribution is 6.00. The van der Waals surface area contributed by atoms with Crippen molar-refractivity contribution in [3.63, 3.8) is 0 Å². The molecule has 6 heteroatoms. The predicted molar refractivity (Wildman–Crippen MR) is 78.6 cm³/mol. The molecule has 5 nitrogen and oxygen atoms in total. The zero-order chi connectivity index (χ0) is 15.2. The normalized spacial score (nSPS) is 9.86. The number of urea groups is 1. The van der Waals surface area contributed by atoms with E-state index in [9.17, 15) is 9.18 Å². The Hall–Kier alpha value is -2.76. The molecular formula is C15H15FN2O3. The minimum Gasteiger partial charge on any atom is -0.497 e. The van der Waals surface area contributed by atoms with Crippen molar-refractivity contribution in [3.05, 3.63) is 48.3 Å². The van der Waals surface area contributed by atoms with E-state index in [1.807, 2.05) is 0 Å². The van der Waals surface area contributed by atoms with Crippen LogP contribution in [0.2, 0.25) is 0 Å². The largest absolute Gasteiger partial charge is 0.497 e. The summed E-state index contributed by atoms with van der Waals surface area (Å²) < 4.78 is 23.3. The number of anilines is 2. The third-order valence-corrected chi connectivity index (χ3v) is 2.74. The van der Waals surface area contributed by atoms with Crippen LogP contribution in [0.4, 0.5) is 20.6 Å². The van der Waals surface area contributed by atoms with Crippen molar-refractivity contribution in [1.82, 2.24) is 0 Å². The summed E-state index contributed by atoms with van der Waals surface area (Å²) in [5.74, 6) is 0.654. The number of carbonyl (C=O) groups excluding carboxylic acids is 1. The molecular weight excluding hydrogens is 275 g/mol. The summed E-state index contributed by atoms with van der Waals surface area (Å²) in [6.07, 6.45) is 0. The summed E-state index contributed by atoms with van der Waals surface area (Å²) in [4.78, 5) is 11.9. The molecule has 0 fully saturated rings. The quantitative estimate of drug-likeness (QED) is 0.906. The maximum absolute atomic E-state index is 13.0. The van der Waals surface area contributed by atoms with Crippen molar-refractivity contribution < 1.29 is 18.7 Å². The van der Waals surface area contributed by atoms with Gasteiger partial charge in [-0.1, -0.05) is 6.07 Å². The molecule has 0 saturated heterocycles. The molecule has 0 spiro atoms. The van der Waals surface area contributed by atoms with Gasteiger partial charge in [-0.2, -0.15) is 0 Å². The molecule has 0 aliphatic heterocycles. The molecule has 0 radical (unpaired) electrons. The fourth-order valence-electron chi connectivity index (χ4n) is 1.75. The van der Waals surface area contributed by atoms with Gasteiger partial charge in [-0.05, 0) is 30.3 Å². The van der Waals surface area contributed by atoms with Gasteiger partial charge in [-0.15, -0.1) is 0 Å². The van der Waals surface area contributed by atoms with Crippen LogP contribution in [0.1, 0.15) is 0 Å². The Morgan fingerprint density at radius 2 is 1.86 bits per heavy atom. The smallest absolute Gasteiger partial charge is 0.323 e. The maximum Gasteiger partial charge on any atom is 0.323 e. The van der Waals surface area contributed by atoms with E-state index in [1.54, 1.807) is 31.4 Å². The zero-order valence-corrected chi connectivity index (χ0v) is 11.6. The molecule has 0 aliphatic rings. The summed E-state index contributed by atoms with van der Waals surface area (Å²) in [6.45, 7) is 0. The number of hydrogen-bond donors (Lipinski definition) is 2. The SMILES string of the molecule is COc1ccc(NC(=O)Nc2cccc(F)c2)c(OC)c1. The molecule has 0 heterocycles. The first-order chi connectivity index (χ1) is 10.1. The molecule has 2 N–H and O–H groups in total. The fourth-order valence-corrected chi connectivity index (χ4v) is 1.75. The third kappa shape index (κ3) is 3.85.